The van der Waals surface area contributed by atoms with E-state index in [0.29, 0.717) is 38.8 Å². The summed E-state index contributed by atoms with van der Waals surface area (Å²) in [6.45, 7) is 3.06. The Morgan fingerprint density at radius 3 is 2.58 bits per heavy atom. The Hall–Kier alpha value is -3.98. The van der Waals surface area contributed by atoms with E-state index in [2.05, 4.69) is 15.4 Å². The molecular formula is C21H16ClN5O4. The van der Waals surface area contributed by atoms with Crippen LogP contribution in [-0.2, 0) is 4.79 Å². The normalized spacial score (nSPS) is 10.9. The number of nitro benzene ring substituents is 1. The molecule has 4 rings (SSSR count). The van der Waals surface area contributed by atoms with Gasteiger partial charge in [-0.05, 0) is 42.8 Å². The van der Waals surface area contributed by atoms with Crippen LogP contribution in [0.2, 0.25) is 5.02 Å². The molecule has 0 spiro atoms. The van der Waals surface area contributed by atoms with Gasteiger partial charge < -0.3 is 10.3 Å². The second-order valence-electron chi connectivity index (χ2n) is 6.91. The minimum atomic E-state index is -0.570. The first kappa shape index (κ1) is 20.3. The van der Waals surface area contributed by atoms with Crippen molar-refractivity contribution >= 4 is 28.9 Å². The Kier molecular flexibility index (Phi) is 5.04. The van der Waals surface area contributed by atoms with Crippen molar-refractivity contribution in [1.29, 1.82) is 0 Å². The lowest BCUT2D eigenvalue weighted by atomic mass is 9.98. The van der Waals surface area contributed by atoms with Crippen molar-refractivity contribution < 1.29 is 9.72 Å². The van der Waals surface area contributed by atoms with E-state index in [1.807, 2.05) is 0 Å². The molecule has 156 valence electrons. The third-order valence-electron chi connectivity index (χ3n) is 4.79. The molecule has 9 nitrogen and oxygen atoms in total. The number of carbonyl (C=O) groups is 1. The van der Waals surface area contributed by atoms with Gasteiger partial charge in [-0.15, -0.1) is 0 Å². The first-order chi connectivity index (χ1) is 14.8. The average Bonchev–Trinajstić information content (AvgIpc) is 3.05. The van der Waals surface area contributed by atoms with Gasteiger partial charge in [0.05, 0.1) is 16.2 Å². The zero-order chi connectivity index (χ0) is 22.3. The number of halogens is 1. The number of hydrogen-bond acceptors (Lipinski definition) is 5. The summed E-state index contributed by atoms with van der Waals surface area (Å²) in [5.41, 5.74) is 2.49. The molecule has 2 aromatic rings. The van der Waals surface area contributed by atoms with E-state index in [-0.39, 0.29) is 16.9 Å². The van der Waals surface area contributed by atoms with Crippen molar-refractivity contribution in [3.05, 3.63) is 79.8 Å². The molecule has 0 aliphatic carbocycles. The van der Waals surface area contributed by atoms with Gasteiger partial charge in [-0.25, -0.2) is 0 Å². The van der Waals surface area contributed by atoms with Crippen LogP contribution in [0.5, 0.6) is 0 Å². The maximum atomic E-state index is 13.0. The first-order valence-electron chi connectivity index (χ1n) is 9.19. The van der Waals surface area contributed by atoms with Gasteiger partial charge in [-0.3, -0.25) is 19.7 Å². The fourth-order valence-electron chi connectivity index (χ4n) is 3.40. The number of H-pyrrole nitrogens is 1. The monoisotopic (exact) mass is 437 g/mol. The second-order valence-corrected chi connectivity index (χ2v) is 7.35. The highest BCUT2D eigenvalue weighted by atomic mass is 35.5. The zero-order valence-corrected chi connectivity index (χ0v) is 17.2. The summed E-state index contributed by atoms with van der Waals surface area (Å²) in [5.74, 6) is -0.417. The molecule has 0 radical (unpaired) electrons. The molecule has 0 unspecified atom stereocenters. The first-order valence-corrected chi connectivity index (χ1v) is 9.57. The maximum absolute atomic E-state index is 13.0. The number of benzene rings is 2. The number of amides is 1. The van der Waals surface area contributed by atoms with Gasteiger partial charge in [0.2, 0.25) is 5.91 Å². The van der Waals surface area contributed by atoms with Crippen LogP contribution >= 0.6 is 11.6 Å². The van der Waals surface area contributed by atoms with Crippen LogP contribution in [0, 0.1) is 17.0 Å². The minimum absolute atomic E-state index is 0.0891. The number of pyridine rings is 1. The van der Waals surface area contributed by atoms with Crippen molar-refractivity contribution in [2.75, 3.05) is 5.32 Å². The van der Waals surface area contributed by atoms with E-state index < -0.39 is 10.8 Å². The van der Waals surface area contributed by atoms with Gasteiger partial charge in [-0.2, -0.15) is 9.78 Å². The predicted octanol–water partition coefficient (Wildman–Crippen LogP) is 4.16. The molecule has 0 aromatic heterocycles. The molecule has 0 saturated carbocycles. The van der Waals surface area contributed by atoms with Crippen molar-refractivity contribution in [2.24, 2.45) is 0 Å². The van der Waals surface area contributed by atoms with Gasteiger partial charge >= 0.3 is 0 Å². The van der Waals surface area contributed by atoms with Gasteiger partial charge in [0.15, 0.2) is 0 Å². The Balaban J connectivity index is 1.93. The van der Waals surface area contributed by atoms with E-state index >= 15 is 0 Å². The van der Waals surface area contributed by atoms with Crippen LogP contribution in [0.1, 0.15) is 12.6 Å². The Morgan fingerprint density at radius 2 is 1.94 bits per heavy atom. The zero-order valence-electron chi connectivity index (χ0n) is 16.5. The van der Waals surface area contributed by atoms with E-state index in [9.17, 15) is 19.7 Å². The third kappa shape index (κ3) is 3.66. The number of fused-ring (bicyclic) bond motifs is 1. The molecule has 0 bridgehead atoms. The fourth-order valence-corrected chi connectivity index (χ4v) is 3.53. The summed E-state index contributed by atoms with van der Waals surface area (Å²) < 4.78 is 1.26. The van der Waals surface area contributed by atoms with Gasteiger partial charge in [-0.1, -0.05) is 17.7 Å². The molecule has 2 N–H and O–H groups in total. The molecule has 2 aromatic carbocycles. The lowest BCUT2D eigenvalue weighted by Gasteiger charge is -2.11. The van der Waals surface area contributed by atoms with Gasteiger partial charge in [0.25, 0.3) is 11.2 Å². The summed E-state index contributed by atoms with van der Waals surface area (Å²) in [5, 5.41) is 19.1. The topological polar surface area (TPSA) is 123 Å². The number of nitrogens with zero attached hydrogens (tertiary/aromatic N) is 3. The predicted molar refractivity (Wildman–Crippen MR) is 117 cm³/mol. The summed E-state index contributed by atoms with van der Waals surface area (Å²) in [7, 11) is 0. The number of hydrogen-bond donors (Lipinski definition) is 2. The fraction of sp³-hybridized carbons (Fsp3) is 0.0952. The van der Waals surface area contributed by atoms with Crippen molar-refractivity contribution in [1.82, 2.24) is 14.8 Å². The minimum Gasteiger partial charge on any atom is -0.364 e. The van der Waals surface area contributed by atoms with Crippen molar-refractivity contribution in [3.63, 3.8) is 0 Å². The van der Waals surface area contributed by atoms with Gasteiger partial charge in [0, 0.05) is 35.5 Å². The summed E-state index contributed by atoms with van der Waals surface area (Å²) in [6, 6.07) is 11.1. The number of nitro groups is 1. The Morgan fingerprint density at radius 1 is 1.23 bits per heavy atom. The largest absolute Gasteiger partial charge is 0.364 e. The third-order valence-corrected chi connectivity index (χ3v) is 5.04. The van der Waals surface area contributed by atoms with Crippen LogP contribution in [0.4, 0.5) is 11.4 Å². The summed E-state index contributed by atoms with van der Waals surface area (Å²) in [4.78, 5) is 38.4. The molecule has 2 heterocycles. The molecule has 2 aliphatic rings. The molecule has 10 heteroatoms. The van der Waals surface area contributed by atoms with E-state index in [1.165, 1.54) is 23.7 Å². The van der Waals surface area contributed by atoms with E-state index in [0.717, 1.165) is 0 Å². The standard InChI is InChI=1S/C21H16ClN5O4/c1-11-19(13-3-8-17(24-12(2)28)18(9-13)27(30)31)20-16(10-23-11)21(29)26(25-20)15-6-4-14(22)5-7-15/h3-10,23H,1-2H3,(H,24,28). The second kappa shape index (κ2) is 7.69. The Bertz CT molecular complexity index is 1360. The number of anilines is 1. The lowest BCUT2D eigenvalue weighted by molar-refractivity contribution is -0.383. The molecular weight excluding hydrogens is 422 g/mol. The van der Waals surface area contributed by atoms with E-state index in [4.69, 9.17) is 11.6 Å². The molecule has 1 amide bonds. The SMILES string of the molecule is CC(=O)Nc1ccc(-c2c3nn(-c4ccc(Cl)cc4)c(=O)c-3c[nH]c2C)cc1[N+](=O)[O-]. The van der Waals surface area contributed by atoms with Crippen LogP contribution in [0.25, 0.3) is 28.1 Å². The number of nitrogens with one attached hydrogen (secondary N) is 2. The highest BCUT2D eigenvalue weighted by Crippen LogP contribution is 2.36. The molecule has 0 atom stereocenters. The molecule has 0 saturated heterocycles. The Labute approximate surface area is 180 Å². The van der Waals surface area contributed by atoms with Crippen LogP contribution in [0.3, 0.4) is 0 Å². The van der Waals surface area contributed by atoms with Crippen LogP contribution in [0.15, 0.2) is 53.5 Å². The summed E-state index contributed by atoms with van der Waals surface area (Å²) in [6.07, 6.45) is 1.57. The van der Waals surface area contributed by atoms with Crippen LogP contribution < -0.4 is 10.9 Å². The summed E-state index contributed by atoms with van der Waals surface area (Å²) >= 11 is 5.93. The van der Waals surface area contributed by atoms with E-state index in [1.54, 1.807) is 43.5 Å². The highest BCUT2D eigenvalue weighted by molar-refractivity contribution is 6.30. The average molecular weight is 438 g/mol. The van der Waals surface area contributed by atoms with Crippen molar-refractivity contribution in [2.45, 2.75) is 13.8 Å². The van der Waals surface area contributed by atoms with Crippen LogP contribution in [-0.4, -0.2) is 25.6 Å². The lowest BCUT2D eigenvalue weighted by Crippen LogP contribution is -2.14. The number of rotatable bonds is 4. The number of aromatic amines is 1. The smallest absolute Gasteiger partial charge is 0.293 e. The molecule has 31 heavy (non-hydrogen) atoms. The molecule has 0 fully saturated rings. The highest BCUT2D eigenvalue weighted by Gasteiger charge is 2.24. The van der Waals surface area contributed by atoms with Gasteiger partial charge in [0.1, 0.15) is 11.4 Å². The molecule has 2 aliphatic heterocycles. The van der Waals surface area contributed by atoms with Crippen molar-refractivity contribution in [3.8, 4) is 28.1 Å². The number of aromatic nitrogens is 3. The number of aryl methyl sites for hydroxylation is 1. The maximum Gasteiger partial charge on any atom is 0.293 e. The number of carbonyl (C=O) groups excluding carboxylic acids is 1. The quantitative estimate of drug-likeness (QED) is 0.366.